The Morgan fingerprint density at radius 3 is 2.44 bits per heavy atom. The molecule has 0 bridgehead atoms. The zero-order chi connectivity index (χ0) is 19.0. The van der Waals surface area contributed by atoms with Crippen molar-refractivity contribution in [2.45, 2.75) is 37.8 Å². The molecule has 146 valence electrons. The molecule has 0 unspecified atom stereocenters. The first-order valence-corrected chi connectivity index (χ1v) is 9.53. The lowest BCUT2D eigenvalue weighted by Gasteiger charge is -2.41. The molecule has 7 nitrogen and oxygen atoms in total. The van der Waals surface area contributed by atoms with Crippen LogP contribution in [0.5, 0.6) is 0 Å². The number of halogens is 1. The van der Waals surface area contributed by atoms with E-state index in [9.17, 15) is 14.0 Å². The summed E-state index contributed by atoms with van der Waals surface area (Å²) in [7, 11) is 1.41. The number of aromatic amines is 1. The molecule has 1 amide bonds. The van der Waals surface area contributed by atoms with E-state index in [0.717, 1.165) is 51.9 Å². The number of ether oxygens (including phenoxy) is 1. The van der Waals surface area contributed by atoms with Crippen LogP contribution in [0.3, 0.4) is 0 Å². The highest BCUT2D eigenvalue weighted by atomic mass is 19.1. The van der Waals surface area contributed by atoms with Gasteiger partial charge in [0, 0.05) is 38.3 Å². The third-order valence-electron chi connectivity index (χ3n) is 5.96. The number of carbonyl (C=O) groups is 1. The molecule has 3 heterocycles. The van der Waals surface area contributed by atoms with Crippen molar-refractivity contribution in [2.24, 2.45) is 0 Å². The summed E-state index contributed by atoms with van der Waals surface area (Å²) in [5, 5.41) is 0. The van der Waals surface area contributed by atoms with Crippen molar-refractivity contribution in [3.63, 3.8) is 0 Å². The lowest BCUT2D eigenvalue weighted by atomic mass is 9.97. The van der Waals surface area contributed by atoms with Crippen molar-refractivity contribution in [2.75, 3.05) is 33.3 Å². The monoisotopic (exact) mass is 376 g/mol. The minimum absolute atomic E-state index is 0.0828. The zero-order valence-corrected chi connectivity index (χ0v) is 15.5. The Balaban J connectivity index is 1.40. The van der Waals surface area contributed by atoms with E-state index in [2.05, 4.69) is 9.88 Å². The van der Waals surface area contributed by atoms with Crippen LogP contribution in [0, 0.1) is 5.82 Å². The SMILES string of the molecule is COC(=O)N1CCC(N2CCC(n3c(=O)[nH]c4ccc(F)cc43)CC2)CC1. The number of piperidine rings is 2. The van der Waals surface area contributed by atoms with Crippen molar-refractivity contribution in [1.29, 1.82) is 0 Å². The summed E-state index contributed by atoms with van der Waals surface area (Å²) >= 11 is 0. The predicted molar refractivity (Wildman–Crippen MR) is 99.4 cm³/mol. The van der Waals surface area contributed by atoms with Gasteiger partial charge in [-0.05, 0) is 43.9 Å². The number of likely N-dealkylation sites (tertiary alicyclic amines) is 2. The molecule has 0 spiro atoms. The van der Waals surface area contributed by atoms with Gasteiger partial charge in [-0.25, -0.2) is 14.0 Å². The maximum Gasteiger partial charge on any atom is 0.409 e. The molecule has 2 fully saturated rings. The molecule has 2 aliphatic heterocycles. The Labute approximate surface area is 156 Å². The lowest BCUT2D eigenvalue weighted by Crippen LogP contribution is -2.49. The molecule has 0 radical (unpaired) electrons. The molecule has 27 heavy (non-hydrogen) atoms. The standard InChI is InChI=1S/C19H25FN4O3/c1-27-19(26)23-10-4-14(5-11-23)22-8-6-15(7-9-22)24-17-12-13(20)2-3-16(17)21-18(24)25/h2-3,12,14-15H,4-11H2,1H3,(H,21,25). The van der Waals surface area contributed by atoms with Crippen LogP contribution in [0.2, 0.25) is 0 Å². The fraction of sp³-hybridized carbons (Fsp3) is 0.579. The van der Waals surface area contributed by atoms with E-state index in [-0.39, 0.29) is 23.6 Å². The van der Waals surface area contributed by atoms with E-state index >= 15 is 0 Å². The smallest absolute Gasteiger partial charge is 0.409 e. The number of amides is 1. The Kier molecular flexibility index (Phi) is 4.90. The Morgan fingerprint density at radius 2 is 1.78 bits per heavy atom. The van der Waals surface area contributed by atoms with Gasteiger partial charge in [0.1, 0.15) is 5.82 Å². The molecule has 0 atom stereocenters. The highest BCUT2D eigenvalue weighted by molar-refractivity contribution is 5.75. The normalized spacial score (nSPS) is 20.3. The summed E-state index contributed by atoms with van der Waals surface area (Å²) in [6.07, 6.45) is 3.36. The number of methoxy groups -OCH3 is 1. The summed E-state index contributed by atoms with van der Waals surface area (Å²) in [6.45, 7) is 3.25. The van der Waals surface area contributed by atoms with Crippen LogP contribution < -0.4 is 5.69 Å². The Hall–Kier alpha value is -2.35. The third kappa shape index (κ3) is 3.45. The van der Waals surface area contributed by atoms with Gasteiger partial charge in [-0.2, -0.15) is 0 Å². The minimum Gasteiger partial charge on any atom is -0.453 e. The molecule has 4 rings (SSSR count). The van der Waals surface area contributed by atoms with Crippen molar-refractivity contribution >= 4 is 17.1 Å². The van der Waals surface area contributed by atoms with Gasteiger partial charge in [0.25, 0.3) is 0 Å². The van der Waals surface area contributed by atoms with Gasteiger partial charge in [0.15, 0.2) is 0 Å². The molecule has 1 N–H and O–H groups in total. The Morgan fingerprint density at radius 1 is 1.11 bits per heavy atom. The topological polar surface area (TPSA) is 70.6 Å². The first-order chi connectivity index (χ1) is 13.1. The van der Waals surface area contributed by atoms with Crippen molar-refractivity contribution in [1.82, 2.24) is 19.4 Å². The zero-order valence-electron chi connectivity index (χ0n) is 15.5. The van der Waals surface area contributed by atoms with Crippen LogP contribution in [0.1, 0.15) is 31.7 Å². The number of rotatable bonds is 2. The van der Waals surface area contributed by atoms with E-state index in [1.54, 1.807) is 15.5 Å². The number of imidazole rings is 1. The molecule has 1 aromatic carbocycles. The second-order valence-electron chi connectivity index (χ2n) is 7.42. The predicted octanol–water partition coefficient (Wildman–Crippen LogP) is 2.34. The average molecular weight is 376 g/mol. The molecule has 8 heteroatoms. The van der Waals surface area contributed by atoms with Crippen molar-refractivity contribution in [3.8, 4) is 0 Å². The number of fused-ring (bicyclic) bond motifs is 1. The second-order valence-corrected chi connectivity index (χ2v) is 7.42. The first-order valence-electron chi connectivity index (χ1n) is 9.53. The van der Waals surface area contributed by atoms with Crippen LogP contribution in [0.4, 0.5) is 9.18 Å². The molecule has 1 aromatic heterocycles. The maximum atomic E-state index is 13.6. The average Bonchev–Trinajstić information content (AvgIpc) is 3.02. The highest BCUT2D eigenvalue weighted by Crippen LogP contribution is 2.28. The number of carbonyl (C=O) groups excluding carboxylic acids is 1. The largest absolute Gasteiger partial charge is 0.453 e. The van der Waals surface area contributed by atoms with Gasteiger partial charge in [-0.1, -0.05) is 0 Å². The molecular weight excluding hydrogens is 351 g/mol. The summed E-state index contributed by atoms with van der Waals surface area (Å²) in [5.41, 5.74) is 1.16. The number of nitrogens with zero attached hydrogens (tertiary/aromatic N) is 3. The first kappa shape index (κ1) is 18.0. The minimum atomic E-state index is -0.329. The van der Waals surface area contributed by atoms with Crippen LogP contribution in [0.15, 0.2) is 23.0 Å². The molecule has 2 aromatic rings. The van der Waals surface area contributed by atoms with Crippen molar-refractivity contribution in [3.05, 3.63) is 34.5 Å². The quantitative estimate of drug-likeness (QED) is 0.873. The van der Waals surface area contributed by atoms with Gasteiger partial charge in [0.05, 0.1) is 18.1 Å². The van der Waals surface area contributed by atoms with Crippen LogP contribution in [-0.4, -0.2) is 64.8 Å². The number of hydrogen-bond acceptors (Lipinski definition) is 4. The van der Waals surface area contributed by atoms with E-state index in [0.29, 0.717) is 17.1 Å². The van der Waals surface area contributed by atoms with Gasteiger partial charge >= 0.3 is 11.8 Å². The number of hydrogen-bond donors (Lipinski definition) is 1. The summed E-state index contributed by atoms with van der Waals surface area (Å²) in [4.78, 5) is 31.0. The van der Waals surface area contributed by atoms with Crippen LogP contribution >= 0.6 is 0 Å². The second kappa shape index (κ2) is 7.34. The molecule has 2 saturated heterocycles. The maximum absolute atomic E-state index is 13.6. The van der Waals surface area contributed by atoms with Gasteiger partial charge in [0.2, 0.25) is 0 Å². The number of nitrogens with one attached hydrogen (secondary N) is 1. The summed E-state index contributed by atoms with van der Waals surface area (Å²) < 4.78 is 20.1. The van der Waals surface area contributed by atoms with Gasteiger partial charge in [-0.15, -0.1) is 0 Å². The van der Waals surface area contributed by atoms with E-state index in [1.165, 1.54) is 19.2 Å². The Bertz CT molecular complexity index is 877. The third-order valence-corrected chi connectivity index (χ3v) is 5.96. The van der Waals surface area contributed by atoms with E-state index in [4.69, 9.17) is 4.74 Å². The summed E-state index contributed by atoms with van der Waals surface area (Å²) in [5.74, 6) is -0.329. The van der Waals surface area contributed by atoms with E-state index < -0.39 is 0 Å². The molecule has 0 aliphatic carbocycles. The fourth-order valence-electron chi connectivity index (χ4n) is 4.51. The highest BCUT2D eigenvalue weighted by Gasteiger charge is 2.31. The van der Waals surface area contributed by atoms with Gasteiger partial charge < -0.3 is 19.5 Å². The molecule has 2 aliphatic rings. The number of benzene rings is 1. The number of aromatic nitrogens is 2. The van der Waals surface area contributed by atoms with Crippen LogP contribution in [0.25, 0.3) is 11.0 Å². The fourth-order valence-corrected chi connectivity index (χ4v) is 4.51. The van der Waals surface area contributed by atoms with Crippen molar-refractivity contribution < 1.29 is 13.9 Å². The summed E-state index contributed by atoms with van der Waals surface area (Å²) in [6, 6.07) is 4.96. The van der Waals surface area contributed by atoms with Gasteiger partial charge in [-0.3, -0.25) is 4.57 Å². The lowest BCUT2D eigenvalue weighted by molar-refractivity contribution is 0.0686. The number of H-pyrrole nitrogens is 1. The van der Waals surface area contributed by atoms with Crippen LogP contribution in [-0.2, 0) is 4.74 Å². The molecule has 0 saturated carbocycles. The molecular formula is C19H25FN4O3. The van der Waals surface area contributed by atoms with E-state index in [1.807, 2.05) is 0 Å².